The molecule has 0 amide bonds. The van der Waals surface area contributed by atoms with Crippen molar-refractivity contribution in [2.24, 2.45) is 0 Å². The number of aliphatic hydroxyl groups excluding tert-OH is 1. The van der Waals surface area contributed by atoms with Crippen LogP contribution < -0.4 is 0 Å². The quantitative estimate of drug-likeness (QED) is 0.698. The van der Waals surface area contributed by atoms with Crippen molar-refractivity contribution in [2.75, 3.05) is 13.2 Å². The average Bonchev–Trinajstić information content (AvgIpc) is 2.34. The van der Waals surface area contributed by atoms with E-state index in [2.05, 4.69) is 6.92 Å². The zero-order valence-electron chi connectivity index (χ0n) is 11.0. The summed E-state index contributed by atoms with van der Waals surface area (Å²) in [5.41, 5.74) is 2.14. The van der Waals surface area contributed by atoms with Gasteiger partial charge in [0.15, 0.2) is 0 Å². The molecule has 0 saturated carbocycles. The lowest BCUT2D eigenvalue weighted by Gasteiger charge is -2.11. The van der Waals surface area contributed by atoms with E-state index in [1.807, 2.05) is 31.2 Å². The number of hydrogen-bond acceptors (Lipinski definition) is 2. The monoisotopic (exact) mass is 236 g/mol. The summed E-state index contributed by atoms with van der Waals surface area (Å²) in [6, 6.07) is 7.94. The van der Waals surface area contributed by atoms with Crippen molar-refractivity contribution >= 4 is 0 Å². The van der Waals surface area contributed by atoms with E-state index in [0.717, 1.165) is 18.6 Å². The minimum atomic E-state index is -0.498. The van der Waals surface area contributed by atoms with Gasteiger partial charge in [0.1, 0.15) is 6.10 Å². The fraction of sp³-hybridized carbons (Fsp3) is 0.600. The SMILES string of the molecule is CCCCCCOCC(O)c1ccc(C)cc1. The third kappa shape index (κ3) is 5.85. The second-order valence-corrected chi connectivity index (χ2v) is 4.56. The molecule has 2 nitrogen and oxygen atoms in total. The predicted octanol–water partition coefficient (Wildman–Crippen LogP) is 3.63. The minimum Gasteiger partial charge on any atom is -0.386 e. The van der Waals surface area contributed by atoms with Gasteiger partial charge in [-0.1, -0.05) is 56.0 Å². The first-order chi connectivity index (χ1) is 8.24. The van der Waals surface area contributed by atoms with Crippen molar-refractivity contribution in [3.8, 4) is 0 Å². The van der Waals surface area contributed by atoms with E-state index in [9.17, 15) is 5.11 Å². The van der Waals surface area contributed by atoms with E-state index in [0.29, 0.717) is 6.61 Å². The first kappa shape index (κ1) is 14.2. The van der Waals surface area contributed by atoms with Crippen LogP contribution in [0, 0.1) is 6.92 Å². The van der Waals surface area contributed by atoms with Crippen LogP contribution in [-0.4, -0.2) is 18.3 Å². The summed E-state index contributed by atoms with van der Waals surface area (Å²) in [5.74, 6) is 0. The van der Waals surface area contributed by atoms with Gasteiger partial charge in [-0.3, -0.25) is 0 Å². The van der Waals surface area contributed by atoms with Crippen LogP contribution in [0.15, 0.2) is 24.3 Å². The Hall–Kier alpha value is -0.860. The minimum absolute atomic E-state index is 0.398. The summed E-state index contributed by atoms with van der Waals surface area (Å²) in [7, 11) is 0. The van der Waals surface area contributed by atoms with Gasteiger partial charge in [0, 0.05) is 6.61 Å². The third-order valence-electron chi connectivity index (χ3n) is 2.88. The topological polar surface area (TPSA) is 29.5 Å². The van der Waals surface area contributed by atoms with Gasteiger partial charge in [0.25, 0.3) is 0 Å². The summed E-state index contributed by atoms with van der Waals surface area (Å²) < 4.78 is 5.48. The Morgan fingerprint density at radius 1 is 1.12 bits per heavy atom. The van der Waals surface area contributed by atoms with Gasteiger partial charge in [-0.2, -0.15) is 0 Å². The molecule has 0 bridgehead atoms. The molecule has 0 aliphatic rings. The molecule has 1 unspecified atom stereocenters. The Bertz CT molecular complexity index is 292. The summed E-state index contributed by atoms with van der Waals surface area (Å²) in [4.78, 5) is 0. The number of ether oxygens (including phenoxy) is 1. The lowest BCUT2D eigenvalue weighted by molar-refractivity contribution is 0.0344. The fourth-order valence-corrected chi connectivity index (χ4v) is 1.71. The molecule has 17 heavy (non-hydrogen) atoms. The van der Waals surface area contributed by atoms with Gasteiger partial charge in [0.05, 0.1) is 6.61 Å². The predicted molar refractivity (Wildman–Crippen MR) is 71.1 cm³/mol. The Morgan fingerprint density at radius 3 is 2.47 bits per heavy atom. The number of aliphatic hydroxyl groups is 1. The van der Waals surface area contributed by atoms with E-state index in [-0.39, 0.29) is 0 Å². The third-order valence-corrected chi connectivity index (χ3v) is 2.88. The van der Waals surface area contributed by atoms with Crippen molar-refractivity contribution in [2.45, 2.75) is 45.6 Å². The number of hydrogen-bond donors (Lipinski definition) is 1. The van der Waals surface area contributed by atoms with Gasteiger partial charge < -0.3 is 9.84 Å². The van der Waals surface area contributed by atoms with Crippen molar-refractivity contribution in [1.29, 1.82) is 0 Å². The standard InChI is InChI=1S/C15H24O2/c1-3-4-5-6-11-17-12-15(16)14-9-7-13(2)8-10-14/h7-10,15-16H,3-6,11-12H2,1-2H3. The highest BCUT2D eigenvalue weighted by molar-refractivity contribution is 5.23. The average molecular weight is 236 g/mol. The molecular formula is C15H24O2. The zero-order valence-corrected chi connectivity index (χ0v) is 11.0. The normalized spacial score (nSPS) is 12.6. The molecule has 0 aromatic heterocycles. The van der Waals surface area contributed by atoms with E-state index >= 15 is 0 Å². The highest BCUT2D eigenvalue weighted by atomic mass is 16.5. The van der Waals surface area contributed by atoms with Gasteiger partial charge >= 0.3 is 0 Å². The second-order valence-electron chi connectivity index (χ2n) is 4.56. The maximum atomic E-state index is 9.89. The zero-order chi connectivity index (χ0) is 12.5. The number of unbranched alkanes of at least 4 members (excludes halogenated alkanes) is 3. The summed E-state index contributed by atoms with van der Waals surface area (Å²) in [6.07, 6.45) is 4.32. The van der Waals surface area contributed by atoms with Crippen molar-refractivity contribution in [3.63, 3.8) is 0 Å². The highest BCUT2D eigenvalue weighted by Gasteiger charge is 2.06. The molecule has 1 aromatic rings. The van der Waals surface area contributed by atoms with Crippen LogP contribution in [-0.2, 0) is 4.74 Å². The smallest absolute Gasteiger partial charge is 0.102 e. The molecule has 1 rings (SSSR count). The second kappa shape index (κ2) is 8.26. The lowest BCUT2D eigenvalue weighted by Crippen LogP contribution is -2.08. The molecule has 1 atom stereocenters. The number of aryl methyl sites for hydroxylation is 1. The molecule has 0 fully saturated rings. The molecule has 0 aliphatic carbocycles. The first-order valence-electron chi connectivity index (χ1n) is 6.56. The van der Waals surface area contributed by atoms with E-state index in [1.54, 1.807) is 0 Å². The van der Waals surface area contributed by atoms with Crippen LogP contribution >= 0.6 is 0 Å². The number of rotatable bonds is 8. The summed E-state index contributed by atoms with van der Waals surface area (Å²) in [5, 5.41) is 9.89. The van der Waals surface area contributed by atoms with Crippen molar-refractivity contribution < 1.29 is 9.84 Å². The number of benzene rings is 1. The largest absolute Gasteiger partial charge is 0.386 e. The van der Waals surface area contributed by atoms with Gasteiger partial charge in [-0.25, -0.2) is 0 Å². The highest BCUT2D eigenvalue weighted by Crippen LogP contribution is 2.14. The first-order valence-corrected chi connectivity index (χ1v) is 6.56. The van der Waals surface area contributed by atoms with Crippen LogP contribution in [0.1, 0.15) is 49.8 Å². The molecule has 0 radical (unpaired) electrons. The van der Waals surface area contributed by atoms with E-state index in [1.165, 1.54) is 24.8 Å². The molecule has 0 spiro atoms. The van der Waals surface area contributed by atoms with Gasteiger partial charge in [-0.05, 0) is 18.9 Å². The molecule has 2 heteroatoms. The molecular weight excluding hydrogens is 212 g/mol. The Kier molecular flexibility index (Phi) is 6.90. The summed E-state index contributed by atoms with van der Waals surface area (Å²) in [6.45, 7) is 5.39. The molecule has 96 valence electrons. The molecule has 1 aromatic carbocycles. The molecule has 0 saturated heterocycles. The van der Waals surface area contributed by atoms with Crippen molar-refractivity contribution in [1.82, 2.24) is 0 Å². The van der Waals surface area contributed by atoms with Crippen LogP contribution in [0.4, 0.5) is 0 Å². The fourth-order valence-electron chi connectivity index (χ4n) is 1.71. The Morgan fingerprint density at radius 2 is 1.82 bits per heavy atom. The Balaban J connectivity index is 2.16. The Labute approximate surface area is 105 Å². The van der Waals surface area contributed by atoms with Crippen LogP contribution in [0.5, 0.6) is 0 Å². The van der Waals surface area contributed by atoms with E-state index in [4.69, 9.17) is 4.74 Å². The molecule has 0 aliphatic heterocycles. The van der Waals surface area contributed by atoms with Gasteiger partial charge in [-0.15, -0.1) is 0 Å². The molecule has 1 N–H and O–H groups in total. The summed E-state index contributed by atoms with van der Waals surface area (Å²) >= 11 is 0. The maximum Gasteiger partial charge on any atom is 0.102 e. The van der Waals surface area contributed by atoms with Gasteiger partial charge in [0.2, 0.25) is 0 Å². The van der Waals surface area contributed by atoms with Crippen LogP contribution in [0.3, 0.4) is 0 Å². The lowest BCUT2D eigenvalue weighted by atomic mass is 10.1. The van der Waals surface area contributed by atoms with Crippen LogP contribution in [0.25, 0.3) is 0 Å². The van der Waals surface area contributed by atoms with Crippen molar-refractivity contribution in [3.05, 3.63) is 35.4 Å². The molecule has 0 heterocycles. The van der Waals surface area contributed by atoms with E-state index < -0.39 is 6.10 Å². The maximum absolute atomic E-state index is 9.89. The van der Waals surface area contributed by atoms with Crippen LogP contribution in [0.2, 0.25) is 0 Å².